The molecule has 0 unspecified atom stereocenters. The second-order valence-electron chi connectivity index (χ2n) is 8.19. The number of carbonyl (C=O) groups excluding carboxylic acids is 1. The molecule has 1 aromatic heterocycles. The number of thioether (sulfide) groups is 1. The van der Waals surface area contributed by atoms with Gasteiger partial charge < -0.3 is 5.32 Å². The van der Waals surface area contributed by atoms with Crippen LogP contribution in [-0.2, 0) is 17.6 Å². The quantitative estimate of drug-likeness (QED) is 0.345. The fraction of sp³-hybridized carbons (Fsp3) is 0.222. The summed E-state index contributed by atoms with van der Waals surface area (Å²) in [6, 6.07) is 24.6. The number of nitrogens with zero attached hydrogens (tertiary/aromatic N) is 3. The van der Waals surface area contributed by atoms with Gasteiger partial charge in [-0.3, -0.25) is 9.36 Å². The Bertz CT molecular complexity index is 1230. The molecule has 1 N–H and O–H groups in total. The molecule has 0 aliphatic rings. The van der Waals surface area contributed by atoms with Crippen LogP contribution in [0.1, 0.15) is 28.1 Å². The monoisotopic (exact) mass is 456 g/mol. The van der Waals surface area contributed by atoms with E-state index >= 15 is 0 Å². The minimum absolute atomic E-state index is 0.0625. The number of aryl methyl sites for hydroxylation is 5. The molecule has 0 aliphatic heterocycles. The van der Waals surface area contributed by atoms with Crippen LogP contribution < -0.4 is 5.32 Å². The molecule has 0 radical (unpaired) electrons. The number of hydrogen-bond donors (Lipinski definition) is 1. The SMILES string of the molecule is Cc1ccc(-n2c(CCc3ccccc3)nnc2SCC(=O)Nc2ccc(C)c(C)c2)cc1. The van der Waals surface area contributed by atoms with Crippen molar-refractivity contribution in [1.29, 1.82) is 0 Å². The number of amides is 1. The fourth-order valence-corrected chi connectivity index (χ4v) is 4.33. The van der Waals surface area contributed by atoms with Gasteiger partial charge in [0.1, 0.15) is 5.82 Å². The molecule has 3 aromatic carbocycles. The Morgan fingerprint density at radius 1 is 0.879 bits per heavy atom. The van der Waals surface area contributed by atoms with Crippen molar-refractivity contribution in [3.05, 3.63) is 101 Å². The number of anilines is 1. The summed E-state index contributed by atoms with van der Waals surface area (Å²) in [7, 11) is 0. The largest absolute Gasteiger partial charge is 0.325 e. The number of nitrogens with one attached hydrogen (secondary N) is 1. The third-order valence-electron chi connectivity index (χ3n) is 5.60. The van der Waals surface area contributed by atoms with E-state index in [-0.39, 0.29) is 11.7 Å². The third kappa shape index (κ3) is 5.90. The molecular formula is C27H28N4OS. The van der Waals surface area contributed by atoms with E-state index in [1.54, 1.807) is 0 Å². The van der Waals surface area contributed by atoms with Gasteiger partial charge in [0.05, 0.1) is 5.75 Å². The van der Waals surface area contributed by atoms with Crippen LogP contribution in [0.3, 0.4) is 0 Å². The van der Waals surface area contributed by atoms with Crippen molar-refractivity contribution < 1.29 is 4.79 Å². The zero-order chi connectivity index (χ0) is 23.2. The van der Waals surface area contributed by atoms with Gasteiger partial charge >= 0.3 is 0 Å². The Morgan fingerprint density at radius 2 is 1.64 bits per heavy atom. The van der Waals surface area contributed by atoms with Gasteiger partial charge in [0, 0.05) is 17.8 Å². The van der Waals surface area contributed by atoms with Crippen LogP contribution in [0.2, 0.25) is 0 Å². The maximum atomic E-state index is 12.6. The van der Waals surface area contributed by atoms with E-state index in [9.17, 15) is 4.79 Å². The highest BCUT2D eigenvalue weighted by atomic mass is 32.2. The van der Waals surface area contributed by atoms with Gasteiger partial charge in [-0.25, -0.2) is 0 Å². The van der Waals surface area contributed by atoms with Crippen molar-refractivity contribution in [2.24, 2.45) is 0 Å². The Kier molecular flexibility index (Phi) is 7.25. The lowest BCUT2D eigenvalue weighted by atomic mass is 10.1. The summed E-state index contributed by atoms with van der Waals surface area (Å²) < 4.78 is 2.07. The van der Waals surface area contributed by atoms with Crippen molar-refractivity contribution in [2.75, 3.05) is 11.1 Å². The first-order valence-electron chi connectivity index (χ1n) is 11.0. The molecule has 0 spiro atoms. The zero-order valence-electron chi connectivity index (χ0n) is 19.2. The van der Waals surface area contributed by atoms with Gasteiger partial charge in [-0.15, -0.1) is 10.2 Å². The normalized spacial score (nSPS) is 10.9. The zero-order valence-corrected chi connectivity index (χ0v) is 20.0. The molecule has 6 heteroatoms. The summed E-state index contributed by atoms with van der Waals surface area (Å²) in [5.41, 5.74) is 6.63. The van der Waals surface area contributed by atoms with Gasteiger partial charge in [-0.05, 0) is 68.1 Å². The third-order valence-corrected chi connectivity index (χ3v) is 6.52. The molecule has 1 heterocycles. The predicted octanol–water partition coefficient (Wildman–Crippen LogP) is 5.71. The second-order valence-corrected chi connectivity index (χ2v) is 9.13. The minimum atomic E-state index is -0.0625. The molecule has 0 atom stereocenters. The number of rotatable bonds is 8. The average Bonchev–Trinajstić information content (AvgIpc) is 3.23. The summed E-state index contributed by atoms with van der Waals surface area (Å²) in [6.45, 7) is 6.17. The second kappa shape index (κ2) is 10.5. The van der Waals surface area contributed by atoms with Crippen molar-refractivity contribution >= 4 is 23.4 Å². The summed E-state index contributed by atoms with van der Waals surface area (Å²) in [5.74, 6) is 1.09. The number of aromatic nitrogens is 3. The highest BCUT2D eigenvalue weighted by molar-refractivity contribution is 7.99. The lowest BCUT2D eigenvalue weighted by Crippen LogP contribution is -2.15. The van der Waals surface area contributed by atoms with Crippen LogP contribution in [0.4, 0.5) is 5.69 Å². The molecule has 0 bridgehead atoms. The first-order valence-corrected chi connectivity index (χ1v) is 12.0. The molecule has 33 heavy (non-hydrogen) atoms. The molecule has 168 valence electrons. The van der Waals surface area contributed by atoms with E-state index in [1.807, 2.05) is 31.2 Å². The van der Waals surface area contributed by atoms with E-state index in [1.165, 1.54) is 28.5 Å². The Labute approximate surface area is 199 Å². The van der Waals surface area contributed by atoms with Crippen molar-refractivity contribution in [3.8, 4) is 5.69 Å². The van der Waals surface area contributed by atoms with Gasteiger partial charge in [0.2, 0.25) is 5.91 Å². The van der Waals surface area contributed by atoms with E-state index in [0.29, 0.717) is 0 Å². The van der Waals surface area contributed by atoms with E-state index in [0.717, 1.165) is 40.8 Å². The molecule has 1 amide bonds. The molecule has 4 rings (SSSR count). The summed E-state index contributed by atoms with van der Waals surface area (Å²) in [5, 5.41) is 12.6. The number of hydrogen-bond acceptors (Lipinski definition) is 4. The topological polar surface area (TPSA) is 59.8 Å². The molecule has 0 saturated heterocycles. The highest BCUT2D eigenvalue weighted by Crippen LogP contribution is 2.24. The minimum Gasteiger partial charge on any atom is -0.325 e. The van der Waals surface area contributed by atoms with Crippen LogP contribution >= 0.6 is 11.8 Å². The standard InChI is InChI=1S/C27H28N4OS/c1-19-9-14-24(15-10-19)31-25(16-12-22-7-5-4-6-8-22)29-30-27(31)33-18-26(32)28-23-13-11-20(2)21(3)17-23/h4-11,13-15,17H,12,16,18H2,1-3H3,(H,28,32). The average molecular weight is 457 g/mol. The first kappa shape index (κ1) is 22.8. The maximum absolute atomic E-state index is 12.6. The molecule has 0 aliphatic carbocycles. The molecule has 0 fully saturated rings. The van der Waals surface area contributed by atoms with Crippen LogP contribution in [0, 0.1) is 20.8 Å². The summed E-state index contributed by atoms with van der Waals surface area (Å²) in [6.07, 6.45) is 1.64. The van der Waals surface area contributed by atoms with Crippen LogP contribution in [-0.4, -0.2) is 26.4 Å². The fourth-order valence-electron chi connectivity index (χ4n) is 3.56. The van der Waals surface area contributed by atoms with Crippen molar-refractivity contribution in [2.45, 2.75) is 38.8 Å². The summed E-state index contributed by atoms with van der Waals surface area (Å²) >= 11 is 1.40. The van der Waals surface area contributed by atoms with Gasteiger partial charge in [-0.2, -0.15) is 0 Å². The molecular weight excluding hydrogens is 428 g/mol. The summed E-state index contributed by atoms with van der Waals surface area (Å²) in [4.78, 5) is 12.6. The highest BCUT2D eigenvalue weighted by Gasteiger charge is 2.16. The molecule has 5 nitrogen and oxygen atoms in total. The van der Waals surface area contributed by atoms with Crippen molar-refractivity contribution in [3.63, 3.8) is 0 Å². The lowest BCUT2D eigenvalue weighted by molar-refractivity contribution is -0.113. The molecule has 4 aromatic rings. The Hall–Kier alpha value is -3.38. The van der Waals surface area contributed by atoms with E-state index in [4.69, 9.17) is 0 Å². The van der Waals surface area contributed by atoms with Gasteiger partial charge in [-0.1, -0.05) is 65.9 Å². The smallest absolute Gasteiger partial charge is 0.234 e. The lowest BCUT2D eigenvalue weighted by Gasteiger charge is -2.11. The van der Waals surface area contributed by atoms with Crippen LogP contribution in [0.15, 0.2) is 78.0 Å². The van der Waals surface area contributed by atoms with Gasteiger partial charge in [0.15, 0.2) is 5.16 Å². The number of benzene rings is 3. The first-order chi connectivity index (χ1) is 16.0. The Morgan fingerprint density at radius 3 is 2.36 bits per heavy atom. The number of carbonyl (C=O) groups is 1. The van der Waals surface area contributed by atoms with Crippen molar-refractivity contribution in [1.82, 2.24) is 14.8 Å². The molecule has 0 saturated carbocycles. The van der Waals surface area contributed by atoms with Crippen LogP contribution in [0.5, 0.6) is 0 Å². The Balaban J connectivity index is 1.50. The maximum Gasteiger partial charge on any atom is 0.234 e. The predicted molar refractivity (Wildman–Crippen MR) is 135 cm³/mol. The van der Waals surface area contributed by atoms with Crippen LogP contribution in [0.25, 0.3) is 5.69 Å². The van der Waals surface area contributed by atoms with Gasteiger partial charge in [0.25, 0.3) is 0 Å². The van der Waals surface area contributed by atoms with E-state index < -0.39 is 0 Å². The van der Waals surface area contributed by atoms with E-state index in [2.05, 4.69) is 82.5 Å².